The molecule has 0 aliphatic heterocycles. The third kappa shape index (κ3) is 3.84. The van der Waals surface area contributed by atoms with Crippen molar-refractivity contribution in [1.29, 1.82) is 0 Å². The third-order valence-electron chi connectivity index (χ3n) is 3.41. The van der Waals surface area contributed by atoms with Crippen LogP contribution in [0.15, 0.2) is 47.2 Å². The number of benzene rings is 1. The lowest BCUT2D eigenvalue weighted by molar-refractivity contribution is 0.0951. The molecule has 0 saturated carbocycles. The van der Waals surface area contributed by atoms with Crippen LogP contribution in [0.2, 0.25) is 5.02 Å². The number of halogens is 2. The maximum atomic E-state index is 13.0. The number of aliphatic hydroxyl groups excluding tert-OH is 1. The smallest absolute Gasteiger partial charge is 0.253 e. The summed E-state index contributed by atoms with van der Waals surface area (Å²) in [5.74, 6) is -0.852. The van der Waals surface area contributed by atoms with Crippen LogP contribution in [0, 0.1) is 5.82 Å². The average molecular weight is 382 g/mol. The number of carbonyl (C=O) groups is 1. The van der Waals surface area contributed by atoms with E-state index in [2.05, 4.69) is 5.32 Å². The molecule has 3 rings (SSSR count). The van der Waals surface area contributed by atoms with Crippen molar-refractivity contribution in [2.75, 3.05) is 0 Å². The maximum absolute atomic E-state index is 13.0. The molecule has 2 heterocycles. The molecule has 0 spiro atoms. The van der Waals surface area contributed by atoms with Gasteiger partial charge in [0.1, 0.15) is 11.9 Å². The molecule has 2 aromatic heterocycles. The van der Waals surface area contributed by atoms with Gasteiger partial charge < -0.3 is 10.4 Å². The molecule has 0 aliphatic carbocycles. The van der Waals surface area contributed by atoms with Crippen molar-refractivity contribution < 1.29 is 14.3 Å². The molecule has 7 heteroatoms. The molecule has 24 heavy (non-hydrogen) atoms. The first-order valence-corrected chi connectivity index (χ1v) is 9.20. The number of aliphatic hydroxyl groups is 1. The largest absolute Gasteiger partial charge is 0.383 e. The monoisotopic (exact) mass is 381 g/mol. The molecule has 1 unspecified atom stereocenters. The molecule has 0 bridgehead atoms. The molecule has 0 radical (unpaired) electrons. The van der Waals surface area contributed by atoms with Gasteiger partial charge >= 0.3 is 0 Å². The van der Waals surface area contributed by atoms with Crippen LogP contribution in [0.4, 0.5) is 4.39 Å². The fourth-order valence-electron chi connectivity index (χ4n) is 2.17. The van der Waals surface area contributed by atoms with Crippen LogP contribution in [0.25, 0.3) is 0 Å². The van der Waals surface area contributed by atoms with Crippen molar-refractivity contribution >= 4 is 40.2 Å². The average Bonchev–Trinajstić information content (AvgIpc) is 3.24. The van der Waals surface area contributed by atoms with Gasteiger partial charge in [-0.25, -0.2) is 4.39 Å². The number of nitrogens with one attached hydrogen (secondary N) is 1. The second-order valence-corrected chi connectivity index (χ2v) is 7.46. The number of carbonyl (C=O) groups excluding carboxylic acids is 1. The van der Waals surface area contributed by atoms with Crippen molar-refractivity contribution in [2.24, 2.45) is 0 Å². The molecule has 2 N–H and O–H groups in total. The van der Waals surface area contributed by atoms with Crippen molar-refractivity contribution in [3.05, 3.63) is 78.9 Å². The number of hydrogen-bond acceptors (Lipinski definition) is 4. The van der Waals surface area contributed by atoms with E-state index in [1.54, 1.807) is 0 Å². The summed E-state index contributed by atoms with van der Waals surface area (Å²) in [6.07, 6.45) is -0.655. The molecule has 124 valence electrons. The normalized spacial score (nSPS) is 12.1. The summed E-state index contributed by atoms with van der Waals surface area (Å²) in [6, 6.07) is 9.25. The quantitative estimate of drug-likeness (QED) is 0.677. The lowest BCUT2D eigenvalue weighted by Crippen LogP contribution is -2.22. The van der Waals surface area contributed by atoms with Gasteiger partial charge in [-0.05, 0) is 52.7 Å². The summed E-state index contributed by atoms with van der Waals surface area (Å²) < 4.78 is 13.0. The first-order chi connectivity index (χ1) is 11.5. The summed E-state index contributed by atoms with van der Waals surface area (Å²) >= 11 is 8.84. The summed E-state index contributed by atoms with van der Waals surface area (Å²) in [4.78, 5) is 13.8. The first-order valence-electron chi connectivity index (χ1n) is 7.06. The van der Waals surface area contributed by atoms with Gasteiger partial charge in [0.15, 0.2) is 0 Å². The minimum absolute atomic E-state index is 0.0762. The minimum Gasteiger partial charge on any atom is -0.383 e. The predicted octanol–water partition coefficient (Wildman–Crippen LogP) is 4.61. The molecule has 1 atom stereocenters. The Morgan fingerprint density at radius 1 is 1.29 bits per heavy atom. The van der Waals surface area contributed by atoms with Crippen LogP contribution in [-0.2, 0) is 6.54 Å². The Morgan fingerprint density at radius 3 is 2.83 bits per heavy atom. The van der Waals surface area contributed by atoms with Gasteiger partial charge in [-0.2, -0.15) is 11.3 Å². The van der Waals surface area contributed by atoms with E-state index in [4.69, 9.17) is 11.6 Å². The van der Waals surface area contributed by atoms with Crippen LogP contribution < -0.4 is 5.32 Å². The molecule has 0 saturated heterocycles. The minimum atomic E-state index is -0.655. The van der Waals surface area contributed by atoms with Crippen LogP contribution in [0.3, 0.4) is 0 Å². The zero-order valence-electron chi connectivity index (χ0n) is 12.3. The Kier molecular flexibility index (Phi) is 5.30. The van der Waals surface area contributed by atoms with Crippen LogP contribution >= 0.6 is 34.3 Å². The molecule has 0 fully saturated rings. The fourth-order valence-corrected chi connectivity index (χ4v) is 4.07. The van der Waals surface area contributed by atoms with Crippen LogP contribution in [0.1, 0.15) is 31.8 Å². The molecular formula is C17H13ClFNO2S2. The Bertz CT molecular complexity index is 848. The number of thiophene rings is 2. The van der Waals surface area contributed by atoms with Gasteiger partial charge in [0.25, 0.3) is 5.91 Å². The second-order valence-electron chi connectivity index (χ2n) is 5.07. The first kappa shape index (κ1) is 17.1. The van der Waals surface area contributed by atoms with E-state index in [1.807, 2.05) is 29.0 Å². The fraction of sp³-hybridized carbons (Fsp3) is 0.118. The Hall–Kier alpha value is -1.73. The van der Waals surface area contributed by atoms with E-state index in [9.17, 15) is 14.3 Å². The Labute approximate surface area is 151 Å². The summed E-state index contributed by atoms with van der Waals surface area (Å²) in [5.41, 5.74) is 1.09. The SMILES string of the molecule is O=C(NCc1ccc(C(O)c2ccsc2)s1)c1ccc(F)cc1Cl. The molecule has 3 nitrogen and oxygen atoms in total. The van der Waals surface area contributed by atoms with Crippen molar-refractivity contribution in [3.63, 3.8) is 0 Å². The maximum Gasteiger partial charge on any atom is 0.253 e. The molecule has 3 aromatic rings. The highest BCUT2D eigenvalue weighted by molar-refractivity contribution is 7.12. The Morgan fingerprint density at radius 2 is 2.12 bits per heavy atom. The molecule has 0 aliphatic rings. The summed E-state index contributed by atoms with van der Waals surface area (Å²) in [6.45, 7) is 0.313. The van der Waals surface area contributed by atoms with E-state index in [0.717, 1.165) is 21.4 Å². The highest BCUT2D eigenvalue weighted by Gasteiger charge is 2.15. The molecular weight excluding hydrogens is 369 g/mol. The zero-order chi connectivity index (χ0) is 17.1. The Balaban J connectivity index is 1.64. The molecule has 1 aromatic carbocycles. The standard InChI is InChI=1S/C17H13ClFNO2S2/c18-14-7-11(19)1-3-13(14)17(22)20-8-12-2-4-15(24-12)16(21)10-5-6-23-9-10/h1-7,9,16,21H,8H2,(H,20,22). The van der Waals surface area contributed by atoms with E-state index in [-0.39, 0.29) is 16.5 Å². The summed E-state index contributed by atoms with van der Waals surface area (Å²) in [7, 11) is 0. The van der Waals surface area contributed by atoms with Gasteiger partial charge in [-0.15, -0.1) is 11.3 Å². The highest BCUT2D eigenvalue weighted by atomic mass is 35.5. The lowest BCUT2D eigenvalue weighted by atomic mass is 10.2. The van der Waals surface area contributed by atoms with Crippen molar-refractivity contribution in [3.8, 4) is 0 Å². The van der Waals surface area contributed by atoms with Crippen LogP contribution in [-0.4, -0.2) is 11.0 Å². The van der Waals surface area contributed by atoms with E-state index in [1.165, 1.54) is 34.8 Å². The second kappa shape index (κ2) is 7.44. The number of hydrogen-bond donors (Lipinski definition) is 2. The van der Waals surface area contributed by atoms with Gasteiger partial charge in [0.2, 0.25) is 0 Å². The predicted molar refractivity (Wildman–Crippen MR) is 95.3 cm³/mol. The van der Waals surface area contributed by atoms with E-state index >= 15 is 0 Å². The zero-order valence-corrected chi connectivity index (χ0v) is 14.7. The van der Waals surface area contributed by atoms with Gasteiger partial charge in [0, 0.05) is 9.75 Å². The highest BCUT2D eigenvalue weighted by Crippen LogP contribution is 2.29. The van der Waals surface area contributed by atoms with Crippen molar-refractivity contribution in [1.82, 2.24) is 5.32 Å². The summed E-state index contributed by atoms with van der Waals surface area (Å²) in [5, 5.41) is 16.9. The van der Waals surface area contributed by atoms with E-state index < -0.39 is 11.9 Å². The van der Waals surface area contributed by atoms with Gasteiger partial charge in [-0.1, -0.05) is 11.6 Å². The third-order valence-corrected chi connectivity index (χ3v) is 5.56. The topological polar surface area (TPSA) is 49.3 Å². The van der Waals surface area contributed by atoms with Crippen molar-refractivity contribution in [2.45, 2.75) is 12.6 Å². The number of amides is 1. The number of rotatable bonds is 5. The van der Waals surface area contributed by atoms with Crippen LogP contribution in [0.5, 0.6) is 0 Å². The lowest BCUT2D eigenvalue weighted by Gasteiger charge is -2.06. The van der Waals surface area contributed by atoms with Gasteiger partial charge in [0.05, 0.1) is 17.1 Å². The molecule has 1 amide bonds. The van der Waals surface area contributed by atoms with Gasteiger partial charge in [-0.3, -0.25) is 4.79 Å². The van der Waals surface area contributed by atoms with E-state index in [0.29, 0.717) is 6.54 Å².